The van der Waals surface area contributed by atoms with Crippen molar-refractivity contribution in [3.8, 4) is 0 Å². The molecule has 0 fully saturated rings. The summed E-state index contributed by atoms with van der Waals surface area (Å²) in [5.41, 5.74) is 0. The minimum atomic E-state index is -0.747. The Balaban J connectivity index is 2.81. The SMILES string of the molecule is CSCC(C(=O)O)c1ccc(Br)s1. The van der Waals surface area contributed by atoms with Crippen LogP contribution in [-0.2, 0) is 4.79 Å². The minimum Gasteiger partial charge on any atom is -0.481 e. The Bertz CT molecular complexity index is 298. The molecule has 72 valence electrons. The first-order valence-electron chi connectivity index (χ1n) is 3.62. The highest BCUT2D eigenvalue weighted by molar-refractivity contribution is 9.11. The van der Waals surface area contributed by atoms with Crippen LogP contribution < -0.4 is 0 Å². The van der Waals surface area contributed by atoms with Crippen LogP contribution in [0.1, 0.15) is 10.8 Å². The fourth-order valence-corrected chi connectivity index (χ4v) is 3.23. The molecule has 0 aromatic carbocycles. The van der Waals surface area contributed by atoms with E-state index in [4.69, 9.17) is 5.11 Å². The Morgan fingerprint density at radius 1 is 1.77 bits per heavy atom. The average molecular weight is 281 g/mol. The van der Waals surface area contributed by atoms with E-state index >= 15 is 0 Å². The highest BCUT2D eigenvalue weighted by Gasteiger charge is 2.20. The molecule has 0 saturated heterocycles. The van der Waals surface area contributed by atoms with Gasteiger partial charge in [0.15, 0.2) is 0 Å². The van der Waals surface area contributed by atoms with Crippen LogP contribution >= 0.6 is 39.0 Å². The number of carboxylic acid groups (broad SMARTS) is 1. The van der Waals surface area contributed by atoms with Gasteiger partial charge >= 0.3 is 5.97 Å². The van der Waals surface area contributed by atoms with Gasteiger partial charge < -0.3 is 5.11 Å². The third kappa shape index (κ3) is 3.00. The molecule has 0 aliphatic carbocycles. The number of aliphatic carboxylic acids is 1. The van der Waals surface area contributed by atoms with Crippen LogP contribution in [-0.4, -0.2) is 23.1 Å². The topological polar surface area (TPSA) is 37.3 Å². The molecule has 0 aliphatic heterocycles. The average Bonchev–Trinajstić information content (AvgIpc) is 2.46. The van der Waals surface area contributed by atoms with E-state index in [0.717, 1.165) is 8.66 Å². The number of rotatable bonds is 4. The second-order valence-electron chi connectivity index (χ2n) is 2.49. The molecule has 0 aliphatic rings. The van der Waals surface area contributed by atoms with Crippen molar-refractivity contribution in [1.82, 2.24) is 0 Å². The first-order valence-corrected chi connectivity index (χ1v) is 6.62. The van der Waals surface area contributed by atoms with E-state index in [2.05, 4.69) is 15.9 Å². The molecule has 1 atom stereocenters. The summed E-state index contributed by atoms with van der Waals surface area (Å²) in [6, 6.07) is 3.75. The van der Waals surface area contributed by atoms with Gasteiger partial charge in [-0.2, -0.15) is 11.8 Å². The summed E-state index contributed by atoms with van der Waals surface area (Å²) >= 11 is 6.36. The van der Waals surface area contributed by atoms with E-state index in [-0.39, 0.29) is 5.92 Å². The fourth-order valence-electron chi connectivity index (χ4n) is 0.957. The Morgan fingerprint density at radius 3 is 2.85 bits per heavy atom. The molecule has 0 radical (unpaired) electrons. The summed E-state index contributed by atoms with van der Waals surface area (Å²) in [5, 5.41) is 8.95. The normalized spacial score (nSPS) is 12.8. The van der Waals surface area contributed by atoms with Crippen molar-refractivity contribution in [2.24, 2.45) is 0 Å². The lowest BCUT2D eigenvalue weighted by Gasteiger charge is -2.07. The van der Waals surface area contributed by atoms with Gasteiger partial charge in [-0.15, -0.1) is 11.3 Å². The number of thiophene rings is 1. The molecule has 1 rings (SSSR count). The van der Waals surface area contributed by atoms with Crippen molar-refractivity contribution in [2.75, 3.05) is 12.0 Å². The third-order valence-electron chi connectivity index (χ3n) is 1.57. The highest BCUT2D eigenvalue weighted by atomic mass is 79.9. The largest absolute Gasteiger partial charge is 0.481 e. The Labute approximate surface area is 93.5 Å². The summed E-state index contributed by atoms with van der Waals surface area (Å²) in [6.07, 6.45) is 1.92. The number of hydrogen-bond donors (Lipinski definition) is 1. The predicted molar refractivity (Wildman–Crippen MR) is 60.8 cm³/mol. The van der Waals surface area contributed by atoms with E-state index in [1.807, 2.05) is 18.4 Å². The fraction of sp³-hybridized carbons (Fsp3) is 0.375. The monoisotopic (exact) mass is 280 g/mol. The molecule has 5 heteroatoms. The molecule has 13 heavy (non-hydrogen) atoms. The smallest absolute Gasteiger partial charge is 0.312 e. The Kier molecular flexibility index (Phi) is 4.28. The van der Waals surface area contributed by atoms with E-state index < -0.39 is 5.97 Å². The van der Waals surface area contributed by atoms with Crippen molar-refractivity contribution in [1.29, 1.82) is 0 Å². The van der Waals surface area contributed by atoms with Gasteiger partial charge in [0.05, 0.1) is 9.70 Å². The van der Waals surface area contributed by atoms with Gasteiger partial charge in [-0.3, -0.25) is 4.79 Å². The van der Waals surface area contributed by atoms with Crippen molar-refractivity contribution in [2.45, 2.75) is 5.92 Å². The van der Waals surface area contributed by atoms with Crippen LogP contribution in [0.4, 0.5) is 0 Å². The zero-order valence-corrected chi connectivity index (χ0v) is 10.2. The lowest BCUT2D eigenvalue weighted by molar-refractivity contribution is -0.138. The molecular weight excluding hydrogens is 272 g/mol. The lowest BCUT2D eigenvalue weighted by Crippen LogP contribution is -2.12. The van der Waals surface area contributed by atoms with Gasteiger partial charge in [0, 0.05) is 10.6 Å². The summed E-state index contributed by atoms with van der Waals surface area (Å²) in [4.78, 5) is 11.8. The summed E-state index contributed by atoms with van der Waals surface area (Å²) in [5.74, 6) is -0.488. The molecule has 1 N–H and O–H groups in total. The number of carbonyl (C=O) groups is 1. The molecule has 1 unspecified atom stereocenters. The molecule has 2 nitrogen and oxygen atoms in total. The van der Waals surface area contributed by atoms with Gasteiger partial charge in [0.1, 0.15) is 0 Å². The second-order valence-corrected chi connectivity index (χ2v) is 5.89. The van der Waals surface area contributed by atoms with Crippen molar-refractivity contribution in [3.63, 3.8) is 0 Å². The molecule has 0 saturated carbocycles. The van der Waals surface area contributed by atoms with Gasteiger partial charge in [0.25, 0.3) is 0 Å². The third-order valence-corrected chi connectivity index (χ3v) is 3.97. The van der Waals surface area contributed by atoms with Crippen LogP contribution in [0.25, 0.3) is 0 Å². The van der Waals surface area contributed by atoms with Gasteiger partial charge in [0.2, 0.25) is 0 Å². The van der Waals surface area contributed by atoms with E-state index in [1.54, 1.807) is 11.8 Å². The molecule has 1 aromatic heterocycles. The standard InChI is InChI=1S/C8H9BrO2S2/c1-12-4-5(8(10)11)6-2-3-7(9)13-6/h2-3,5H,4H2,1H3,(H,10,11). The van der Waals surface area contributed by atoms with Crippen molar-refractivity contribution in [3.05, 3.63) is 20.8 Å². The molecule has 1 heterocycles. The Hall–Kier alpha value is -0.0000000000000000833. The van der Waals surface area contributed by atoms with E-state index in [0.29, 0.717) is 5.75 Å². The minimum absolute atomic E-state index is 0.369. The van der Waals surface area contributed by atoms with Crippen LogP contribution in [0.2, 0.25) is 0 Å². The van der Waals surface area contributed by atoms with Crippen LogP contribution in [0.3, 0.4) is 0 Å². The number of hydrogen-bond acceptors (Lipinski definition) is 3. The molecule has 0 spiro atoms. The number of halogens is 1. The maximum Gasteiger partial charge on any atom is 0.312 e. The zero-order chi connectivity index (χ0) is 9.84. The van der Waals surface area contributed by atoms with Crippen LogP contribution in [0.15, 0.2) is 15.9 Å². The van der Waals surface area contributed by atoms with E-state index in [1.165, 1.54) is 11.3 Å². The van der Waals surface area contributed by atoms with Crippen molar-refractivity contribution >= 4 is 45.0 Å². The van der Waals surface area contributed by atoms with Crippen molar-refractivity contribution < 1.29 is 9.90 Å². The van der Waals surface area contributed by atoms with Gasteiger partial charge in [-0.25, -0.2) is 0 Å². The summed E-state index contributed by atoms with van der Waals surface area (Å²) < 4.78 is 0.981. The summed E-state index contributed by atoms with van der Waals surface area (Å²) in [6.45, 7) is 0. The van der Waals surface area contributed by atoms with E-state index in [9.17, 15) is 4.79 Å². The van der Waals surface area contributed by atoms with Gasteiger partial charge in [-0.05, 0) is 34.3 Å². The molecular formula is C8H9BrO2S2. The quantitative estimate of drug-likeness (QED) is 0.921. The number of carboxylic acids is 1. The Morgan fingerprint density at radius 2 is 2.46 bits per heavy atom. The summed E-state index contributed by atoms with van der Waals surface area (Å²) in [7, 11) is 0. The maximum atomic E-state index is 10.9. The first-order chi connectivity index (χ1) is 6.15. The van der Waals surface area contributed by atoms with Crippen LogP contribution in [0.5, 0.6) is 0 Å². The molecule has 0 amide bonds. The first kappa shape index (κ1) is 11.1. The maximum absolute atomic E-state index is 10.9. The number of thioether (sulfide) groups is 1. The predicted octanol–water partition coefficient (Wildman–Crippen LogP) is 3.04. The lowest BCUT2D eigenvalue weighted by atomic mass is 10.1. The zero-order valence-electron chi connectivity index (χ0n) is 6.99. The highest BCUT2D eigenvalue weighted by Crippen LogP contribution is 2.30. The van der Waals surface area contributed by atoms with Crippen LogP contribution in [0, 0.1) is 0 Å². The molecule has 1 aromatic rings. The second kappa shape index (κ2) is 5.02. The molecule has 0 bridgehead atoms. The van der Waals surface area contributed by atoms with Gasteiger partial charge in [-0.1, -0.05) is 0 Å².